The van der Waals surface area contributed by atoms with Crippen molar-refractivity contribution in [3.63, 3.8) is 0 Å². The number of hydrogen-bond donors (Lipinski definition) is 1. The Morgan fingerprint density at radius 2 is 1.69 bits per heavy atom. The molecule has 154 valence electrons. The SMILES string of the molecule is Cc1cc(C)cc(OCC(O)CN(C)Cc2c(C)nn(-c3ccccc3)c2C)c1. The highest BCUT2D eigenvalue weighted by Gasteiger charge is 2.16. The fraction of sp³-hybridized carbons (Fsp3) is 0.375. The van der Waals surface area contributed by atoms with Gasteiger partial charge in [0.05, 0.1) is 11.4 Å². The maximum Gasteiger partial charge on any atom is 0.119 e. The van der Waals surface area contributed by atoms with Gasteiger partial charge in [-0.05, 0) is 70.1 Å². The van der Waals surface area contributed by atoms with E-state index in [-0.39, 0.29) is 6.61 Å². The number of aromatic nitrogens is 2. The summed E-state index contributed by atoms with van der Waals surface area (Å²) >= 11 is 0. The molecule has 1 unspecified atom stereocenters. The fourth-order valence-electron chi connectivity index (χ4n) is 3.68. The summed E-state index contributed by atoms with van der Waals surface area (Å²) < 4.78 is 7.78. The van der Waals surface area contributed by atoms with E-state index in [0.29, 0.717) is 6.54 Å². The second kappa shape index (κ2) is 9.25. The molecule has 0 aliphatic heterocycles. The van der Waals surface area contributed by atoms with Gasteiger partial charge in [0.1, 0.15) is 18.5 Å². The lowest BCUT2D eigenvalue weighted by molar-refractivity contribution is 0.0742. The van der Waals surface area contributed by atoms with Crippen LogP contribution in [0.3, 0.4) is 0 Å². The highest BCUT2D eigenvalue weighted by Crippen LogP contribution is 2.20. The van der Waals surface area contributed by atoms with E-state index < -0.39 is 6.10 Å². The minimum atomic E-state index is -0.564. The van der Waals surface area contributed by atoms with Crippen LogP contribution in [0.2, 0.25) is 0 Å². The van der Waals surface area contributed by atoms with Crippen LogP contribution in [-0.4, -0.2) is 46.1 Å². The van der Waals surface area contributed by atoms with Crippen molar-refractivity contribution >= 4 is 0 Å². The number of likely N-dealkylation sites (N-methyl/N-ethyl adjacent to an activating group) is 1. The van der Waals surface area contributed by atoms with Gasteiger partial charge >= 0.3 is 0 Å². The molecule has 0 aliphatic carbocycles. The van der Waals surface area contributed by atoms with Crippen LogP contribution in [0.25, 0.3) is 5.69 Å². The predicted molar refractivity (Wildman–Crippen MR) is 117 cm³/mol. The summed E-state index contributed by atoms with van der Waals surface area (Å²) in [6.07, 6.45) is -0.564. The van der Waals surface area contributed by atoms with Gasteiger partial charge in [-0.3, -0.25) is 4.90 Å². The summed E-state index contributed by atoms with van der Waals surface area (Å²) in [7, 11) is 2.01. The van der Waals surface area contributed by atoms with Crippen LogP contribution < -0.4 is 4.74 Å². The summed E-state index contributed by atoms with van der Waals surface area (Å²) in [6.45, 7) is 9.75. The molecule has 0 amide bonds. The summed E-state index contributed by atoms with van der Waals surface area (Å²) in [5.74, 6) is 0.806. The topological polar surface area (TPSA) is 50.5 Å². The summed E-state index contributed by atoms with van der Waals surface area (Å²) in [4.78, 5) is 2.11. The van der Waals surface area contributed by atoms with Crippen molar-refractivity contribution in [3.8, 4) is 11.4 Å². The van der Waals surface area contributed by atoms with E-state index in [2.05, 4.69) is 30.0 Å². The molecule has 0 fully saturated rings. The molecular formula is C24H31N3O2. The molecule has 1 N–H and O–H groups in total. The van der Waals surface area contributed by atoms with Crippen LogP contribution in [-0.2, 0) is 6.54 Å². The van der Waals surface area contributed by atoms with Crippen LogP contribution in [0.1, 0.15) is 28.1 Å². The quantitative estimate of drug-likeness (QED) is 0.629. The summed E-state index contributed by atoms with van der Waals surface area (Å²) in [6, 6.07) is 16.3. The Kier molecular flexibility index (Phi) is 6.72. The van der Waals surface area contributed by atoms with E-state index in [4.69, 9.17) is 9.84 Å². The Bertz CT molecular complexity index is 930. The average molecular weight is 394 g/mol. The summed E-state index contributed by atoms with van der Waals surface area (Å²) in [5, 5.41) is 15.1. The third-order valence-electron chi connectivity index (χ3n) is 5.03. The largest absolute Gasteiger partial charge is 0.491 e. The zero-order valence-electron chi connectivity index (χ0n) is 18.0. The number of aliphatic hydroxyl groups is 1. The fourth-order valence-corrected chi connectivity index (χ4v) is 3.68. The first-order chi connectivity index (χ1) is 13.8. The van der Waals surface area contributed by atoms with Gasteiger partial charge in [0.15, 0.2) is 0 Å². The normalized spacial score (nSPS) is 12.4. The molecule has 5 nitrogen and oxygen atoms in total. The van der Waals surface area contributed by atoms with E-state index in [0.717, 1.165) is 40.5 Å². The molecule has 0 spiro atoms. The highest BCUT2D eigenvalue weighted by atomic mass is 16.5. The molecule has 3 aromatic rings. The van der Waals surface area contributed by atoms with E-state index in [1.165, 1.54) is 5.56 Å². The molecule has 1 atom stereocenters. The lowest BCUT2D eigenvalue weighted by Gasteiger charge is -2.21. The predicted octanol–water partition coefficient (Wildman–Crippen LogP) is 3.98. The molecule has 0 aliphatic rings. The Labute approximate surface area is 173 Å². The molecule has 0 bridgehead atoms. The van der Waals surface area contributed by atoms with Gasteiger partial charge in [0.25, 0.3) is 0 Å². The smallest absolute Gasteiger partial charge is 0.119 e. The van der Waals surface area contributed by atoms with Crippen molar-refractivity contribution in [3.05, 3.63) is 76.6 Å². The molecular weight excluding hydrogens is 362 g/mol. The number of aliphatic hydroxyl groups excluding tert-OH is 1. The van der Waals surface area contributed by atoms with Gasteiger partial charge in [-0.25, -0.2) is 4.68 Å². The van der Waals surface area contributed by atoms with E-state index in [1.54, 1.807) is 0 Å². The van der Waals surface area contributed by atoms with Crippen LogP contribution in [0.5, 0.6) is 5.75 Å². The van der Waals surface area contributed by atoms with Gasteiger partial charge in [-0.1, -0.05) is 24.3 Å². The second-order valence-electron chi connectivity index (χ2n) is 7.88. The minimum Gasteiger partial charge on any atom is -0.491 e. The van der Waals surface area contributed by atoms with E-state index in [9.17, 15) is 5.11 Å². The Balaban J connectivity index is 1.59. The Morgan fingerprint density at radius 3 is 2.34 bits per heavy atom. The van der Waals surface area contributed by atoms with Gasteiger partial charge in [-0.2, -0.15) is 5.10 Å². The molecule has 5 heteroatoms. The molecule has 1 aromatic heterocycles. The number of aryl methyl sites for hydroxylation is 3. The van der Waals surface area contributed by atoms with Crippen LogP contribution in [0.15, 0.2) is 48.5 Å². The van der Waals surface area contributed by atoms with Crippen LogP contribution >= 0.6 is 0 Å². The zero-order chi connectivity index (χ0) is 21.0. The first kappa shape index (κ1) is 21.1. The van der Waals surface area contributed by atoms with E-state index in [1.807, 2.05) is 62.8 Å². The monoisotopic (exact) mass is 393 g/mol. The van der Waals surface area contributed by atoms with Crippen molar-refractivity contribution in [1.82, 2.24) is 14.7 Å². The Hall–Kier alpha value is -2.63. The van der Waals surface area contributed by atoms with Crippen molar-refractivity contribution in [2.24, 2.45) is 0 Å². The number of rotatable bonds is 8. The van der Waals surface area contributed by atoms with Gasteiger partial charge < -0.3 is 9.84 Å². The number of para-hydroxylation sites is 1. The Morgan fingerprint density at radius 1 is 1.03 bits per heavy atom. The van der Waals surface area contributed by atoms with Crippen LogP contribution in [0.4, 0.5) is 0 Å². The molecule has 0 saturated heterocycles. The second-order valence-corrected chi connectivity index (χ2v) is 7.88. The maximum absolute atomic E-state index is 10.4. The van der Waals surface area contributed by atoms with Gasteiger partial charge in [0, 0.05) is 24.3 Å². The molecule has 0 saturated carbocycles. The number of nitrogens with zero attached hydrogens (tertiary/aromatic N) is 3. The van der Waals surface area contributed by atoms with Crippen molar-refractivity contribution in [1.29, 1.82) is 0 Å². The first-order valence-corrected chi connectivity index (χ1v) is 10.0. The van der Waals surface area contributed by atoms with Crippen molar-refractivity contribution in [2.75, 3.05) is 20.2 Å². The first-order valence-electron chi connectivity index (χ1n) is 10.0. The highest BCUT2D eigenvalue weighted by molar-refractivity contribution is 5.37. The maximum atomic E-state index is 10.4. The lowest BCUT2D eigenvalue weighted by Crippen LogP contribution is -2.33. The zero-order valence-corrected chi connectivity index (χ0v) is 18.0. The van der Waals surface area contributed by atoms with Gasteiger partial charge in [-0.15, -0.1) is 0 Å². The molecule has 2 aromatic carbocycles. The van der Waals surface area contributed by atoms with Crippen molar-refractivity contribution < 1.29 is 9.84 Å². The van der Waals surface area contributed by atoms with Crippen molar-refractivity contribution in [2.45, 2.75) is 40.3 Å². The lowest BCUT2D eigenvalue weighted by atomic mass is 10.1. The van der Waals surface area contributed by atoms with Gasteiger partial charge in [0.2, 0.25) is 0 Å². The number of hydrogen-bond acceptors (Lipinski definition) is 4. The molecule has 29 heavy (non-hydrogen) atoms. The average Bonchev–Trinajstić information content (AvgIpc) is 2.94. The number of ether oxygens (including phenoxy) is 1. The molecule has 0 radical (unpaired) electrons. The van der Waals surface area contributed by atoms with Crippen LogP contribution in [0, 0.1) is 27.7 Å². The third-order valence-corrected chi connectivity index (χ3v) is 5.03. The molecule has 1 heterocycles. The minimum absolute atomic E-state index is 0.272. The number of benzene rings is 2. The molecule has 3 rings (SSSR count). The van der Waals surface area contributed by atoms with E-state index >= 15 is 0 Å². The standard InChI is InChI=1S/C24H31N3O2/c1-17-11-18(2)13-23(12-17)29-16-22(28)14-26(5)15-24-19(3)25-27(20(24)4)21-9-7-6-8-10-21/h6-13,22,28H,14-16H2,1-5H3. The third kappa shape index (κ3) is 5.46. The summed E-state index contributed by atoms with van der Waals surface area (Å²) in [5.41, 5.74) is 6.71.